The van der Waals surface area contributed by atoms with E-state index >= 15 is 0 Å². The molecule has 0 bridgehead atoms. The predicted octanol–water partition coefficient (Wildman–Crippen LogP) is -4.48. The second-order valence-corrected chi connectivity index (χ2v) is 1.34. The monoisotopic (exact) mass is 299 g/mol. The molecule has 0 unspecified atom stereocenters. The Balaban J connectivity index is -0.00000000800. The fourth-order valence-corrected chi connectivity index (χ4v) is 0. The molecule has 0 saturated carbocycles. The average molecular weight is 300 g/mol. The van der Waals surface area contributed by atoms with Crippen LogP contribution in [0.15, 0.2) is 0 Å². The van der Waals surface area contributed by atoms with Gasteiger partial charge in [-0.05, 0) is 0 Å². The fraction of sp³-hybridized carbons (Fsp3) is 0. The van der Waals surface area contributed by atoms with Crippen LogP contribution in [0.25, 0.3) is 0 Å². The minimum absolute atomic E-state index is 0. The van der Waals surface area contributed by atoms with E-state index in [0.717, 1.165) is 0 Å². The molecule has 54 valence electrons. The number of hydrogen-bond donors (Lipinski definition) is 0. The summed E-state index contributed by atoms with van der Waals surface area (Å²) in [4.78, 5) is 25.6. The Morgan fingerprint density at radius 3 is 1.00 bits per heavy atom. The Kier molecular flexibility index (Phi) is 69.6. The standard InChI is InChI=1S/Fe.H3O4P.2H2O.Ti.Zn/c;1-5(2,3)4;;;;/h;(H3,1,2,3,4);2*1H2;;/q+2;;;;+4;+2/p-3. The smallest absolute Gasteiger partial charge is 0.822 e. The third kappa shape index (κ3) is 219. The average Bonchev–Trinajstić information content (AvgIpc) is 0.722. The van der Waals surface area contributed by atoms with E-state index in [0.29, 0.717) is 0 Å². The van der Waals surface area contributed by atoms with Gasteiger partial charge in [-0.3, -0.25) is 0 Å². The molecule has 0 aliphatic heterocycles. The van der Waals surface area contributed by atoms with Crippen molar-refractivity contribution in [3.05, 3.63) is 0 Å². The molecule has 0 aliphatic rings. The van der Waals surface area contributed by atoms with Gasteiger partial charge in [0.2, 0.25) is 0 Å². The van der Waals surface area contributed by atoms with Gasteiger partial charge in [0, 0.05) is 0 Å². The first-order chi connectivity index (χ1) is 2.00. The Morgan fingerprint density at radius 1 is 1.00 bits per heavy atom. The molecule has 0 aromatic heterocycles. The molecule has 10 heteroatoms. The molecule has 10 heavy (non-hydrogen) atoms. The first-order valence-electron chi connectivity index (χ1n) is 0.730. The van der Waals surface area contributed by atoms with E-state index in [1.165, 1.54) is 0 Å². The van der Waals surface area contributed by atoms with E-state index in [1.807, 2.05) is 0 Å². The Morgan fingerprint density at radius 2 is 1.00 bits per heavy atom. The van der Waals surface area contributed by atoms with Gasteiger partial charge in [0.1, 0.15) is 0 Å². The molecule has 0 aromatic rings. The van der Waals surface area contributed by atoms with Gasteiger partial charge in [-0.15, -0.1) is 0 Å². The van der Waals surface area contributed by atoms with E-state index in [4.69, 9.17) is 19.2 Å². The van der Waals surface area contributed by atoms with Crippen LogP contribution in [0.3, 0.4) is 0 Å². The summed E-state index contributed by atoms with van der Waals surface area (Å²) in [5.74, 6) is 0. The maximum atomic E-state index is 8.55. The normalized spacial score (nSPS) is 5.90. The van der Waals surface area contributed by atoms with E-state index in [2.05, 4.69) is 0 Å². The summed E-state index contributed by atoms with van der Waals surface area (Å²) in [6.07, 6.45) is 0. The minimum Gasteiger partial charge on any atom is -0.822 e. The van der Waals surface area contributed by atoms with Crippen molar-refractivity contribution in [2.45, 2.75) is 0 Å². The van der Waals surface area contributed by atoms with Crippen molar-refractivity contribution in [3.8, 4) is 0 Å². The van der Waals surface area contributed by atoms with E-state index in [-0.39, 0.29) is 69.2 Å². The van der Waals surface area contributed by atoms with Crippen LogP contribution in [-0.4, -0.2) is 11.0 Å². The molecule has 0 amide bonds. The van der Waals surface area contributed by atoms with Crippen LogP contribution in [0.5, 0.6) is 0 Å². The second kappa shape index (κ2) is 17.1. The van der Waals surface area contributed by atoms with Gasteiger partial charge in [0.25, 0.3) is 0 Å². The number of hydrogen-bond acceptors (Lipinski definition) is 4. The molecule has 4 N–H and O–H groups in total. The van der Waals surface area contributed by atoms with Gasteiger partial charge in [-0.2, -0.15) is 7.82 Å². The van der Waals surface area contributed by atoms with Gasteiger partial charge in [-0.25, -0.2) is 0 Å². The van der Waals surface area contributed by atoms with Crippen molar-refractivity contribution in [2.24, 2.45) is 0 Å². The molecule has 6 nitrogen and oxygen atoms in total. The molecule has 0 spiro atoms. The van der Waals surface area contributed by atoms with Crippen LogP contribution in [-0.2, 0) is 62.8 Å². The van der Waals surface area contributed by atoms with Gasteiger partial charge in [0.05, 0.1) is 0 Å². The summed E-state index contributed by atoms with van der Waals surface area (Å²) >= 11 is 0. The largest absolute Gasteiger partial charge is 4.00 e. The summed E-state index contributed by atoms with van der Waals surface area (Å²) in [7, 11) is -5.39. The topological polar surface area (TPSA) is 149 Å². The SMILES string of the molecule is O.O.O=P([O-])([O-])[O-].[Fe+2].[Ti+4].[Zn+2]. The minimum atomic E-state index is -5.39. The maximum Gasteiger partial charge on any atom is 4.00 e. The van der Waals surface area contributed by atoms with Crippen LogP contribution in [0, 0.1) is 0 Å². The van der Waals surface area contributed by atoms with Gasteiger partial charge < -0.3 is 30.2 Å². The van der Waals surface area contributed by atoms with Crippen LogP contribution in [0.1, 0.15) is 0 Å². The molecule has 0 saturated heterocycles. The number of rotatable bonds is 0. The summed E-state index contributed by atoms with van der Waals surface area (Å²) < 4.78 is 8.55. The Labute approximate surface area is 95.8 Å². The summed E-state index contributed by atoms with van der Waals surface area (Å²) in [6.45, 7) is 0. The van der Waals surface area contributed by atoms with Crippen molar-refractivity contribution in [3.63, 3.8) is 0 Å². The van der Waals surface area contributed by atoms with Gasteiger partial charge >= 0.3 is 58.3 Å². The Bertz CT molecular complexity index is 63.9. The molecule has 0 radical (unpaired) electrons. The first kappa shape index (κ1) is 40.7. The predicted molar refractivity (Wildman–Crippen MR) is 14.8 cm³/mol. The zero-order valence-corrected chi connectivity index (χ0v) is 11.2. The van der Waals surface area contributed by atoms with E-state index in [1.54, 1.807) is 0 Å². The number of phosphoric acid groups is 1. The summed E-state index contributed by atoms with van der Waals surface area (Å²) in [6, 6.07) is 0. The van der Waals surface area contributed by atoms with Crippen LogP contribution in [0.2, 0.25) is 0 Å². The summed E-state index contributed by atoms with van der Waals surface area (Å²) in [5.41, 5.74) is 0. The van der Waals surface area contributed by atoms with E-state index < -0.39 is 7.82 Å². The summed E-state index contributed by atoms with van der Waals surface area (Å²) in [5, 5.41) is 0. The Hall–Kier alpha value is 1.89. The fourth-order valence-electron chi connectivity index (χ4n) is 0. The zero-order valence-electron chi connectivity index (χ0n) is 4.64. The van der Waals surface area contributed by atoms with Crippen LogP contribution < -0.4 is 14.7 Å². The van der Waals surface area contributed by atoms with Gasteiger partial charge in [-0.1, -0.05) is 0 Å². The molecule has 0 atom stereocenters. The molecule has 0 rings (SSSR count). The molecule has 0 fully saturated rings. The third-order valence-corrected chi connectivity index (χ3v) is 0. The van der Waals surface area contributed by atoms with Gasteiger partial charge in [0.15, 0.2) is 0 Å². The maximum absolute atomic E-state index is 8.55. The van der Waals surface area contributed by atoms with Crippen molar-refractivity contribution >= 4 is 7.82 Å². The van der Waals surface area contributed by atoms with Crippen LogP contribution in [0.4, 0.5) is 0 Å². The molecule has 0 heterocycles. The second-order valence-electron chi connectivity index (χ2n) is 0.447. The van der Waals surface area contributed by atoms with Crippen molar-refractivity contribution in [1.82, 2.24) is 0 Å². The zero-order chi connectivity index (χ0) is 4.50. The van der Waals surface area contributed by atoms with E-state index in [9.17, 15) is 0 Å². The van der Waals surface area contributed by atoms with Crippen molar-refractivity contribution in [1.29, 1.82) is 0 Å². The van der Waals surface area contributed by atoms with Crippen LogP contribution >= 0.6 is 7.82 Å². The molecular weight excluding hydrogens is 296 g/mol. The quantitative estimate of drug-likeness (QED) is 0.327. The first-order valence-corrected chi connectivity index (χ1v) is 2.19. The molecular formula is H4FeO6PTiZn+5. The van der Waals surface area contributed by atoms with Crippen molar-refractivity contribution in [2.75, 3.05) is 0 Å². The third-order valence-electron chi connectivity index (χ3n) is 0. The molecule has 0 aromatic carbocycles. The van der Waals surface area contributed by atoms with Crippen molar-refractivity contribution < 1.29 is 88.5 Å². The molecule has 0 aliphatic carbocycles.